The van der Waals surface area contributed by atoms with Crippen LogP contribution >= 0.6 is 23.1 Å². The fourth-order valence-corrected chi connectivity index (χ4v) is 3.33. The first kappa shape index (κ1) is 14.0. The van der Waals surface area contributed by atoms with Gasteiger partial charge in [-0.15, -0.1) is 10.2 Å². The number of hydrogen-bond donors (Lipinski definition) is 1. The van der Waals surface area contributed by atoms with E-state index in [0.29, 0.717) is 5.82 Å². The van der Waals surface area contributed by atoms with E-state index in [0.717, 1.165) is 15.0 Å². The first-order valence-corrected chi connectivity index (χ1v) is 7.45. The highest BCUT2D eigenvalue weighted by Gasteiger charge is 2.17. The van der Waals surface area contributed by atoms with E-state index in [1.807, 2.05) is 32.9 Å². The minimum atomic E-state index is -0.241. The zero-order valence-corrected chi connectivity index (χ0v) is 12.5. The molecule has 0 bridgehead atoms. The van der Waals surface area contributed by atoms with Crippen molar-refractivity contribution in [1.82, 2.24) is 15.2 Å². The van der Waals surface area contributed by atoms with Crippen LogP contribution in [0.3, 0.4) is 0 Å². The van der Waals surface area contributed by atoms with E-state index in [9.17, 15) is 4.79 Å². The van der Waals surface area contributed by atoms with Crippen LogP contribution in [0.1, 0.15) is 17.6 Å². The number of carbonyl (C=O) groups is 1. The maximum absolute atomic E-state index is 12.0. The standard InChI is InChI=1S/C12H14N4OS2/c1-7-5-4-6-10(13-7)14-11(17)8(2)18-12-16-15-9(3)19-12/h4-6,8H,1-3H3,(H,13,14,17). The maximum atomic E-state index is 12.0. The van der Waals surface area contributed by atoms with Crippen molar-refractivity contribution in [3.05, 3.63) is 28.9 Å². The average molecular weight is 294 g/mol. The van der Waals surface area contributed by atoms with E-state index in [1.54, 1.807) is 6.07 Å². The van der Waals surface area contributed by atoms with E-state index in [4.69, 9.17) is 0 Å². The van der Waals surface area contributed by atoms with Crippen LogP contribution in [0.25, 0.3) is 0 Å². The van der Waals surface area contributed by atoms with Crippen LogP contribution in [0.4, 0.5) is 5.82 Å². The van der Waals surface area contributed by atoms with Crippen molar-refractivity contribution in [2.45, 2.75) is 30.4 Å². The number of anilines is 1. The fourth-order valence-electron chi connectivity index (χ4n) is 1.37. The fraction of sp³-hybridized carbons (Fsp3) is 0.333. The average Bonchev–Trinajstić information content (AvgIpc) is 2.74. The summed E-state index contributed by atoms with van der Waals surface area (Å²) in [6.45, 7) is 5.62. The summed E-state index contributed by atoms with van der Waals surface area (Å²) in [5.41, 5.74) is 0.873. The molecule has 0 aliphatic carbocycles. The highest BCUT2D eigenvalue weighted by atomic mass is 32.2. The summed E-state index contributed by atoms with van der Waals surface area (Å²) < 4.78 is 0.803. The van der Waals surface area contributed by atoms with Crippen molar-refractivity contribution in [3.8, 4) is 0 Å². The van der Waals surface area contributed by atoms with Gasteiger partial charge in [0.15, 0.2) is 4.34 Å². The minimum Gasteiger partial charge on any atom is -0.310 e. The lowest BCUT2D eigenvalue weighted by atomic mass is 10.3. The molecule has 0 radical (unpaired) electrons. The van der Waals surface area contributed by atoms with Crippen LogP contribution in [0, 0.1) is 13.8 Å². The highest BCUT2D eigenvalue weighted by Crippen LogP contribution is 2.26. The number of nitrogens with zero attached hydrogens (tertiary/aromatic N) is 3. The van der Waals surface area contributed by atoms with Gasteiger partial charge in [0.25, 0.3) is 0 Å². The predicted octanol–water partition coefficient (Wildman–Crippen LogP) is 2.67. The maximum Gasteiger partial charge on any atom is 0.238 e. The lowest BCUT2D eigenvalue weighted by molar-refractivity contribution is -0.115. The molecule has 0 aliphatic rings. The van der Waals surface area contributed by atoms with Crippen molar-refractivity contribution in [2.75, 3.05) is 5.32 Å². The Hall–Kier alpha value is -1.47. The highest BCUT2D eigenvalue weighted by molar-refractivity contribution is 8.02. The normalized spacial score (nSPS) is 12.2. The summed E-state index contributed by atoms with van der Waals surface area (Å²) in [6, 6.07) is 5.53. The molecule has 1 atom stereocenters. The third-order valence-corrected chi connectivity index (χ3v) is 4.32. The summed E-state index contributed by atoms with van der Waals surface area (Å²) in [5, 5.41) is 11.4. The van der Waals surface area contributed by atoms with Crippen molar-refractivity contribution < 1.29 is 4.79 Å². The van der Waals surface area contributed by atoms with Gasteiger partial charge in [-0.3, -0.25) is 4.79 Å². The number of aryl methyl sites for hydroxylation is 2. The molecule has 0 fully saturated rings. The molecule has 2 heterocycles. The quantitative estimate of drug-likeness (QED) is 0.878. The first-order valence-electron chi connectivity index (χ1n) is 5.76. The first-order chi connectivity index (χ1) is 9.04. The van der Waals surface area contributed by atoms with Crippen molar-refractivity contribution >= 4 is 34.8 Å². The monoisotopic (exact) mass is 294 g/mol. The third-order valence-electron chi connectivity index (χ3n) is 2.29. The molecule has 19 heavy (non-hydrogen) atoms. The van der Waals surface area contributed by atoms with Gasteiger partial charge in [-0.25, -0.2) is 4.98 Å². The van der Waals surface area contributed by atoms with Crippen molar-refractivity contribution in [2.24, 2.45) is 0 Å². The van der Waals surface area contributed by atoms with Crippen LogP contribution in [-0.4, -0.2) is 26.3 Å². The molecule has 0 spiro atoms. The molecule has 1 unspecified atom stereocenters. The molecule has 1 amide bonds. The number of aromatic nitrogens is 3. The van der Waals surface area contributed by atoms with Crippen LogP contribution in [0.15, 0.2) is 22.5 Å². The predicted molar refractivity (Wildman–Crippen MR) is 77.6 cm³/mol. The molecule has 1 N–H and O–H groups in total. The molecule has 100 valence electrons. The summed E-state index contributed by atoms with van der Waals surface area (Å²) in [5.74, 6) is 0.488. The molecule has 0 aliphatic heterocycles. The molecule has 0 saturated carbocycles. The number of rotatable bonds is 4. The van der Waals surface area contributed by atoms with Gasteiger partial charge in [-0.05, 0) is 32.9 Å². The Labute approximate surface area is 119 Å². The van der Waals surface area contributed by atoms with Crippen LogP contribution < -0.4 is 5.32 Å². The Morgan fingerprint density at radius 2 is 2.16 bits per heavy atom. The summed E-state index contributed by atoms with van der Waals surface area (Å²) >= 11 is 2.89. The molecule has 2 aromatic heterocycles. The Bertz CT molecular complexity index is 585. The van der Waals surface area contributed by atoms with Crippen LogP contribution in [0.5, 0.6) is 0 Å². The van der Waals surface area contributed by atoms with Gasteiger partial charge >= 0.3 is 0 Å². The summed E-state index contributed by atoms with van der Waals surface area (Å²) in [4.78, 5) is 16.3. The van der Waals surface area contributed by atoms with Gasteiger partial charge < -0.3 is 5.32 Å². The molecular weight excluding hydrogens is 280 g/mol. The summed E-state index contributed by atoms with van der Waals surface area (Å²) in [7, 11) is 0. The van der Waals surface area contributed by atoms with E-state index < -0.39 is 0 Å². The van der Waals surface area contributed by atoms with Crippen LogP contribution in [-0.2, 0) is 4.79 Å². The van der Waals surface area contributed by atoms with Crippen LogP contribution in [0.2, 0.25) is 0 Å². The molecule has 0 saturated heterocycles. The van der Waals surface area contributed by atoms with Gasteiger partial charge in [0.2, 0.25) is 5.91 Å². The number of amides is 1. The lowest BCUT2D eigenvalue weighted by Crippen LogP contribution is -2.22. The topological polar surface area (TPSA) is 67.8 Å². The second-order valence-corrected chi connectivity index (χ2v) is 6.77. The molecule has 2 rings (SSSR count). The second-order valence-electron chi connectivity index (χ2n) is 4.00. The number of carbonyl (C=O) groups excluding carboxylic acids is 1. The Balaban J connectivity index is 1.96. The van der Waals surface area contributed by atoms with Gasteiger partial charge in [-0.2, -0.15) is 0 Å². The summed E-state index contributed by atoms with van der Waals surface area (Å²) in [6.07, 6.45) is 0. The molecule has 0 aromatic carbocycles. The largest absolute Gasteiger partial charge is 0.310 e. The van der Waals surface area contributed by atoms with E-state index >= 15 is 0 Å². The minimum absolute atomic E-state index is 0.0871. The van der Waals surface area contributed by atoms with E-state index in [2.05, 4.69) is 20.5 Å². The number of thioether (sulfide) groups is 1. The zero-order chi connectivity index (χ0) is 13.8. The second kappa shape index (κ2) is 6.12. The Kier molecular flexibility index (Phi) is 4.49. The van der Waals surface area contributed by atoms with Crippen molar-refractivity contribution in [3.63, 3.8) is 0 Å². The lowest BCUT2D eigenvalue weighted by Gasteiger charge is -2.09. The van der Waals surface area contributed by atoms with Gasteiger partial charge in [-0.1, -0.05) is 29.2 Å². The third kappa shape index (κ3) is 4.00. The van der Waals surface area contributed by atoms with Crippen molar-refractivity contribution in [1.29, 1.82) is 0 Å². The SMILES string of the molecule is Cc1cccc(NC(=O)C(C)Sc2nnc(C)s2)n1. The number of hydrogen-bond acceptors (Lipinski definition) is 6. The molecular formula is C12H14N4OS2. The number of nitrogens with one attached hydrogen (secondary N) is 1. The van der Waals surface area contributed by atoms with Gasteiger partial charge in [0.1, 0.15) is 10.8 Å². The van der Waals surface area contributed by atoms with Gasteiger partial charge in [0.05, 0.1) is 5.25 Å². The van der Waals surface area contributed by atoms with E-state index in [-0.39, 0.29) is 11.2 Å². The molecule has 2 aromatic rings. The Morgan fingerprint density at radius 3 is 2.79 bits per heavy atom. The molecule has 7 heteroatoms. The smallest absolute Gasteiger partial charge is 0.238 e. The Morgan fingerprint density at radius 1 is 1.37 bits per heavy atom. The van der Waals surface area contributed by atoms with Gasteiger partial charge in [0, 0.05) is 5.69 Å². The molecule has 5 nitrogen and oxygen atoms in total. The zero-order valence-electron chi connectivity index (χ0n) is 10.9. The van der Waals surface area contributed by atoms with E-state index in [1.165, 1.54) is 23.1 Å². The number of pyridine rings is 1.